The molecule has 2 aliphatic heterocycles. The van der Waals surface area contributed by atoms with Gasteiger partial charge in [0.15, 0.2) is 0 Å². The smallest absolute Gasteiger partial charge is 0.333 e. The fraction of sp³-hybridized carbons (Fsp3) is 0.727. The Bertz CT molecular complexity index is 353. The largest absolute Gasteiger partial charge is 0.389 e. The quantitative estimate of drug-likeness (QED) is 0.692. The zero-order valence-electron chi connectivity index (χ0n) is 9.13. The topological polar surface area (TPSA) is 20.3 Å². The number of alkyl halides is 3. The summed E-state index contributed by atoms with van der Waals surface area (Å²) in [6, 6.07) is 0.152. The molecule has 0 spiro atoms. The van der Waals surface area contributed by atoms with Gasteiger partial charge >= 0.3 is 6.18 Å². The third-order valence-electron chi connectivity index (χ3n) is 3.26. The van der Waals surface area contributed by atoms with Gasteiger partial charge < -0.3 is 4.90 Å². The minimum absolute atomic E-state index is 0.0291. The van der Waals surface area contributed by atoms with E-state index in [0.29, 0.717) is 0 Å². The van der Waals surface area contributed by atoms with Crippen molar-refractivity contribution in [3.05, 3.63) is 9.66 Å². The maximum Gasteiger partial charge on any atom is 0.389 e. The summed E-state index contributed by atoms with van der Waals surface area (Å²) >= 11 is 2.24. The van der Waals surface area contributed by atoms with Crippen LogP contribution in [0.3, 0.4) is 0 Å². The van der Waals surface area contributed by atoms with Crippen LogP contribution in [0, 0.1) is 0 Å². The van der Waals surface area contributed by atoms with Crippen molar-refractivity contribution in [1.82, 2.24) is 4.90 Å². The lowest BCUT2D eigenvalue weighted by Crippen LogP contribution is -2.42. The van der Waals surface area contributed by atoms with Crippen LogP contribution in [0.4, 0.5) is 13.2 Å². The highest BCUT2D eigenvalue weighted by atomic mass is 127. The minimum atomic E-state index is -4.24. The van der Waals surface area contributed by atoms with Gasteiger partial charge in [-0.1, -0.05) is 6.08 Å². The molecule has 2 unspecified atom stereocenters. The molecule has 2 rings (SSSR count). The summed E-state index contributed by atoms with van der Waals surface area (Å²) in [5.41, 5.74) is 0. The van der Waals surface area contributed by atoms with Crippen molar-refractivity contribution in [3.63, 3.8) is 0 Å². The molecule has 0 N–H and O–H groups in total. The lowest BCUT2D eigenvalue weighted by atomic mass is 10.1. The van der Waals surface area contributed by atoms with Gasteiger partial charge in [0.05, 0.1) is 12.5 Å². The number of halogens is 4. The van der Waals surface area contributed by atoms with Crippen molar-refractivity contribution in [1.29, 1.82) is 0 Å². The van der Waals surface area contributed by atoms with Crippen LogP contribution in [0.2, 0.25) is 0 Å². The van der Waals surface area contributed by atoms with E-state index in [2.05, 4.69) is 22.6 Å². The zero-order chi connectivity index (χ0) is 12.6. The Labute approximate surface area is 111 Å². The normalized spacial score (nSPS) is 28.2. The molecule has 17 heavy (non-hydrogen) atoms. The van der Waals surface area contributed by atoms with Crippen LogP contribution >= 0.6 is 22.6 Å². The third kappa shape index (κ3) is 3.14. The highest BCUT2D eigenvalue weighted by molar-refractivity contribution is 14.1. The van der Waals surface area contributed by atoms with Crippen molar-refractivity contribution in [2.45, 2.75) is 50.4 Å². The number of hydrogen-bond acceptors (Lipinski definition) is 1. The van der Waals surface area contributed by atoms with E-state index in [1.807, 2.05) is 6.08 Å². The van der Waals surface area contributed by atoms with Gasteiger partial charge in [0.2, 0.25) is 5.91 Å². The molecule has 2 heterocycles. The molecule has 0 saturated carbocycles. The van der Waals surface area contributed by atoms with E-state index in [4.69, 9.17) is 0 Å². The molecule has 1 fully saturated rings. The van der Waals surface area contributed by atoms with Crippen molar-refractivity contribution in [2.75, 3.05) is 0 Å². The van der Waals surface area contributed by atoms with Crippen molar-refractivity contribution < 1.29 is 18.0 Å². The number of fused-ring (bicyclic) bond motifs is 2. The molecule has 2 aliphatic rings. The van der Waals surface area contributed by atoms with E-state index >= 15 is 0 Å². The predicted octanol–water partition coefficient (Wildman–Crippen LogP) is 3.41. The van der Waals surface area contributed by atoms with Crippen LogP contribution in [0.5, 0.6) is 0 Å². The lowest BCUT2D eigenvalue weighted by molar-refractivity contribution is -0.150. The Kier molecular flexibility index (Phi) is 3.70. The first-order valence-electron chi connectivity index (χ1n) is 5.61. The summed E-state index contributed by atoms with van der Waals surface area (Å²) in [7, 11) is 0. The van der Waals surface area contributed by atoms with Crippen LogP contribution in [-0.2, 0) is 4.79 Å². The molecule has 0 aromatic rings. The summed E-state index contributed by atoms with van der Waals surface area (Å²) in [5.74, 6) is -0.352. The Morgan fingerprint density at radius 2 is 2.18 bits per heavy atom. The molecule has 0 aliphatic carbocycles. The first-order valence-corrected chi connectivity index (χ1v) is 6.69. The SMILES string of the molecule is O=C(CCC(F)(F)F)N1C2C=C(I)CC1CC2. The average molecular weight is 359 g/mol. The number of amides is 1. The van der Waals surface area contributed by atoms with Gasteiger partial charge in [-0.25, -0.2) is 0 Å². The van der Waals surface area contributed by atoms with Crippen LogP contribution in [-0.4, -0.2) is 29.1 Å². The number of carbonyl (C=O) groups excluding carboxylic acids is 1. The monoisotopic (exact) mass is 359 g/mol. The van der Waals surface area contributed by atoms with E-state index in [1.165, 1.54) is 3.58 Å². The van der Waals surface area contributed by atoms with Crippen LogP contribution in [0.1, 0.15) is 32.1 Å². The van der Waals surface area contributed by atoms with E-state index in [0.717, 1.165) is 19.3 Å². The molecule has 0 aromatic carbocycles. The van der Waals surface area contributed by atoms with Gasteiger partial charge in [0, 0.05) is 12.5 Å². The second kappa shape index (κ2) is 4.78. The summed E-state index contributed by atoms with van der Waals surface area (Å²) in [4.78, 5) is 13.5. The fourth-order valence-electron chi connectivity index (χ4n) is 2.54. The lowest BCUT2D eigenvalue weighted by Gasteiger charge is -2.33. The number of nitrogens with zero attached hydrogens (tertiary/aromatic N) is 1. The van der Waals surface area contributed by atoms with Crippen molar-refractivity contribution in [2.24, 2.45) is 0 Å². The Morgan fingerprint density at radius 3 is 2.76 bits per heavy atom. The van der Waals surface area contributed by atoms with Crippen LogP contribution in [0.25, 0.3) is 0 Å². The van der Waals surface area contributed by atoms with Crippen molar-refractivity contribution in [3.8, 4) is 0 Å². The maximum absolute atomic E-state index is 12.1. The Morgan fingerprint density at radius 1 is 1.47 bits per heavy atom. The highest BCUT2D eigenvalue weighted by Gasteiger charge is 2.39. The van der Waals surface area contributed by atoms with Gasteiger partial charge in [-0.15, -0.1) is 0 Å². The zero-order valence-corrected chi connectivity index (χ0v) is 11.3. The highest BCUT2D eigenvalue weighted by Crippen LogP contribution is 2.37. The van der Waals surface area contributed by atoms with Gasteiger partial charge in [0.25, 0.3) is 0 Å². The molecule has 0 radical (unpaired) electrons. The Balaban J connectivity index is 1.97. The van der Waals surface area contributed by atoms with Crippen LogP contribution in [0.15, 0.2) is 9.66 Å². The first-order chi connectivity index (χ1) is 7.87. The standard InChI is InChI=1S/C11H13F3INO/c12-11(13,14)4-3-10(17)16-8-1-2-9(16)6-7(15)5-8/h5,8-9H,1-4,6H2. The molecule has 1 saturated heterocycles. The molecule has 96 valence electrons. The molecular formula is C11H13F3INO. The summed E-state index contributed by atoms with van der Waals surface area (Å²) in [6.07, 6.45) is -1.07. The first kappa shape index (κ1) is 13.2. The molecule has 1 amide bonds. The molecular weight excluding hydrogens is 346 g/mol. The summed E-state index contributed by atoms with van der Waals surface area (Å²) < 4.78 is 37.4. The molecule has 2 atom stereocenters. The second-order valence-electron chi connectivity index (χ2n) is 4.53. The van der Waals surface area contributed by atoms with E-state index in [9.17, 15) is 18.0 Å². The van der Waals surface area contributed by atoms with Crippen molar-refractivity contribution >= 4 is 28.5 Å². The average Bonchev–Trinajstić information content (AvgIpc) is 2.47. The van der Waals surface area contributed by atoms with E-state index < -0.39 is 19.0 Å². The Hall–Kier alpha value is -0.270. The van der Waals surface area contributed by atoms with Gasteiger partial charge in [-0.2, -0.15) is 13.2 Å². The fourth-order valence-corrected chi connectivity index (χ4v) is 3.47. The third-order valence-corrected chi connectivity index (χ3v) is 4.06. The number of rotatable bonds is 2. The molecule has 6 heteroatoms. The molecule has 0 aromatic heterocycles. The van der Waals surface area contributed by atoms with Gasteiger partial charge in [0.1, 0.15) is 0 Å². The number of hydrogen-bond donors (Lipinski definition) is 0. The summed E-state index contributed by atoms with van der Waals surface area (Å²) in [5, 5.41) is 0. The predicted molar refractivity (Wildman–Crippen MR) is 65.7 cm³/mol. The minimum Gasteiger partial charge on any atom is -0.333 e. The van der Waals surface area contributed by atoms with Gasteiger partial charge in [-0.3, -0.25) is 4.79 Å². The maximum atomic E-state index is 12.1. The van der Waals surface area contributed by atoms with Gasteiger partial charge in [-0.05, 0) is 45.4 Å². The number of carbonyl (C=O) groups is 1. The summed E-state index contributed by atoms with van der Waals surface area (Å²) in [6.45, 7) is 0. The van der Waals surface area contributed by atoms with E-state index in [1.54, 1.807) is 4.90 Å². The van der Waals surface area contributed by atoms with Crippen LogP contribution < -0.4 is 0 Å². The second-order valence-corrected chi connectivity index (χ2v) is 5.92. The molecule has 2 bridgehead atoms. The van der Waals surface area contributed by atoms with E-state index in [-0.39, 0.29) is 18.0 Å². The molecule has 2 nitrogen and oxygen atoms in total.